The maximum Gasteiger partial charge on any atom is 0.417 e. The van der Waals surface area contributed by atoms with Crippen molar-refractivity contribution in [3.63, 3.8) is 0 Å². The van der Waals surface area contributed by atoms with Crippen LogP contribution in [0.3, 0.4) is 0 Å². The highest BCUT2D eigenvalue weighted by Crippen LogP contribution is 2.36. The third-order valence-corrected chi connectivity index (χ3v) is 4.13. The monoisotopic (exact) mass is 370 g/mol. The number of carboxylic acid groups (broad SMARTS) is 1. The highest BCUT2D eigenvalue weighted by molar-refractivity contribution is 7.99. The van der Waals surface area contributed by atoms with Crippen LogP contribution in [0.15, 0.2) is 52.3 Å². The lowest BCUT2D eigenvalue weighted by Gasteiger charge is -2.12. The molecule has 4 nitrogen and oxygen atoms in total. The van der Waals surface area contributed by atoms with E-state index in [-0.39, 0.29) is 11.5 Å². The van der Waals surface area contributed by atoms with Crippen molar-refractivity contribution in [3.8, 4) is 0 Å². The molecular weight excluding hydrogens is 357 g/mol. The van der Waals surface area contributed by atoms with Crippen LogP contribution in [0.4, 0.5) is 13.2 Å². The molecule has 2 aromatic carbocycles. The molecule has 0 amide bonds. The minimum atomic E-state index is -4.77. The van der Waals surface area contributed by atoms with Crippen LogP contribution < -0.4 is 0 Å². The number of esters is 1. The Hall–Kier alpha value is -2.48. The second kappa shape index (κ2) is 7.60. The van der Waals surface area contributed by atoms with E-state index < -0.39 is 29.2 Å². The second-order valence-electron chi connectivity index (χ2n) is 4.86. The first-order valence-corrected chi connectivity index (χ1v) is 7.93. The first-order chi connectivity index (χ1) is 11.7. The van der Waals surface area contributed by atoms with E-state index in [2.05, 4.69) is 0 Å². The Morgan fingerprint density at radius 1 is 1.08 bits per heavy atom. The molecule has 2 rings (SSSR count). The molecule has 8 heteroatoms. The highest BCUT2D eigenvalue weighted by atomic mass is 32.2. The summed E-state index contributed by atoms with van der Waals surface area (Å²) in [6, 6.07) is 9.22. The molecule has 0 saturated heterocycles. The number of rotatable bonds is 5. The molecule has 0 aromatic heterocycles. The zero-order chi connectivity index (χ0) is 18.6. The number of hydrogen-bond donors (Lipinski definition) is 1. The zero-order valence-electron chi connectivity index (χ0n) is 13.0. The van der Waals surface area contributed by atoms with Crippen LogP contribution in [-0.2, 0) is 10.9 Å². The molecule has 0 atom stereocenters. The number of benzene rings is 2. The first-order valence-electron chi connectivity index (χ1n) is 7.12. The third-order valence-electron chi connectivity index (χ3n) is 3.13. The van der Waals surface area contributed by atoms with Gasteiger partial charge in [0.2, 0.25) is 0 Å². The molecule has 0 bridgehead atoms. The predicted molar refractivity (Wildman–Crippen MR) is 84.9 cm³/mol. The Morgan fingerprint density at radius 2 is 1.68 bits per heavy atom. The summed E-state index contributed by atoms with van der Waals surface area (Å²) < 4.78 is 43.9. The third kappa shape index (κ3) is 4.76. The van der Waals surface area contributed by atoms with Gasteiger partial charge in [-0.1, -0.05) is 11.8 Å². The normalized spacial score (nSPS) is 11.2. The van der Waals surface area contributed by atoms with E-state index in [9.17, 15) is 22.8 Å². The van der Waals surface area contributed by atoms with Gasteiger partial charge in [0.05, 0.1) is 23.3 Å². The molecule has 0 saturated carbocycles. The largest absolute Gasteiger partial charge is 0.478 e. The molecule has 0 aliphatic rings. The van der Waals surface area contributed by atoms with Crippen LogP contribution in [0.25, 0.3) is 0 Å². The van der Waals surface area contributed by atoms with Gasteiger partial charge in [-0.15, -0.1) is 0 Å². The fraction of sp³-hybridized carbons (Fsp3) is 0.176. The molecule has 132 valence electrons. The fourth-order valence-electron chi connectivity index (χ4n) is 2.02. The van der Waals surface area contributed by atoms with Gasteiger partial charge in [-0.05, 0) is 49.4 Å². The molecule has 25 heavy (non-hydrogen) atoms. The zero-order valence-corrected chi connectivity index (χ0v) is 13.8. The van der Waals surface area contributed by atoms with Crippen LogP contribution in [0.5, 0.6) is 0 Å². The summed E-state index contributed by atoms with van der Waals surface area (Å²) in [5, 5.41) is 8.89. The lowest BCUT2D eigenvalue weighted by atomic mass is 10.1. The van der Waals surface area contributed by atoms with Crippen molar-refractivity contribution in [2.45, 2.75) is 22.9 Å². The lowest BCUT2D eigenvalue weighted by Crippen LogP contribution is -2.12. The van der Waals surface area contributed by atoms with Crippen molar-refractivity contribution < 1.29 is 32.6 Å². The molecule has 1 N–H and O–H groups in total. The number of hydrogen-bond acceptors (Lipinski definition) is 4. The summed E-state index contributed by atoms with van der Waals surface area (Å²) in [6.07, 6.45) is -4.77. The standard InChI is InChI=1S/C17H13F3O4S/c1-2-24-16(23)10-3-5-11(6-4-10)25-12-7-8-13(15(21)22)14(9-12)17(18,19)20/h3-9H,2H2,1H3,(H,21,22). The summed E-state index contributed by atoms with van der Waals surface area (Å²) in [5.41, 5.74) is -1.66. The van der Waals surface area contributed by atoms with E-state index in [1.807, 2.05) is 0 Å². The highest BCUT2D eigenvalue weighted by Gasteiger charge is 2.35. The van der Waals surface area contributed by atoms with Crippen LogP contribution in [0, 0.1) is 0 Å². The molecule has 0 unspecified atom stereocenters. The van der Waals surface area contributed by atoms with Crippen molar-refractivity contribution in [3.05, 3.63) is 59.2 Å². The van der Waals surface area contributed by atoms with E-state index in [0.29, 0.717) is 10.5 Å². The molecule has 0 fully saturated rings. The van der Waals surface area contributed by atoms with Gasteiger partial charge >= 0.3 is 18.1 Å². The van der Waals surface area contributed by atoms with Crippen molar-refractivity contribution in [1.82, 2.24) is 0 Å². The van der Waals surface area contributed by atoms with E-state index in [1.165, 1.54) is 18.2 Å². The van der Waals surface area contributed by atoms with Crippen molar-refractivity contribution in [1.29, 1.82) is 0 Å². The molecule has 0 aliphatic heterocycles. The van der Waals surface area contributed by atoms with Crippen LogP contribution in [-0.4, -0.2) is 23.7 Å². The Kier molecular flexibility index (Phi) is 5.73. The maximum atomic E-state index is 13.0. The SMILES string of the molecule is CCOC(=O)c1ccc(Sc2ccc(C(=O)O)c(C(F)(F)F)c2)cc1. The number of ether oxygens (including phenoxy) is 1. The van der Waals surface area contributed by atoms with Gasteiger partial charge in [0, 0.05) is 9.79 Å². The van der Waals surface area contributed by atoms with Crippen LogP contribution in [0.2, 0.25) is 0 Å². The molecular formula is C17H13F3O4S. The van der Waals surface area contributed by atoms with Crippen molar-refractivity contribution >= 4 is 23.7 Å². The van der Waals surface area contributed by atoms with Gasteiger partial charge in [-0.2, -0.15) is 13.2 Å². The summed E-state index contributed by atoms with van der Waals surface area (Å²) >= 11 is 1.03. The molecule has 0 spiro atoms. The minimum Gasteiger partial charge on any atom is -0.478 e. The van der Waals surface area contributed by atoms with Gasteiger partial charge in [-0.25, -0.2) is 9.59 Å². The number of aromatic carboxylic acids is 1. The predicted octanol–water partition coefficient (Wildman–Crippen LogP) is 4.73. The first kappa shape index (κ1) is 18.9. The fourth-order valence-corrected chi connectivity index (χ4v) is 2.87. The van der Waals surface area contributed by atoms with E-state index in [0.717, 1.165) is 23.9 Å². The van der Waals surface area contributed by atoms with Gasteiger partial charge < -0.3 is 9.84 Å². The van der Waals surface area contributed by atoms with Crippen LogP contribution in [0.1, 0.15) is 33.2 Å². The van der Waals surface area contributed by atoms with E-state index >= 15 is 0 Å². The molecule has 0 heterocycles. The average Bonchev–Trinajstić information content (AvgIpc) is 2.54. The molecule has 2 aromatic rings. The number of halogens is 3. The number of alkyl halides is 3. The Morgan fingerprint density at radius 3 is 2.20 bits per heavy atom. The summed E-state index contributed by atoms with van der Waals surface area (Å²) in [4.78, 5) is 23.3. The van der Waals surface area contributed by atoms with Gasteiger partial charge in [-0.3, -0.25) is 0 Å². The minimum absolute atomic E-state index is 0.237. The van der Waals surface area contributed by atoms with E-state index in [1.54, 1.807) is 19.1 Å². The number of carboxylic acids is 1. The van der Waals surface area contributed by atoms with Crippen molar-refractivity contribution in [2.75, 3.05) is 6.61 Å². The smallest absolute Gasteiger partial charge is 0.417 e. The average molecular weight is 370 g/mol. The Labute approximate surface area is 145 Å². The molecule has 0 radical (unpaired) electrons. The second-order valence-corrected chi connectivity index (χ2v) is 6.00. The van der Waals surface area contributed by atoms with Gasteiger partial charge in [0.15, 0.2) is 0 Å². The molecule has 0 aliphatic carbocycles. The number of carbonyl (C=O) groups excluding carboxylic acids is 1. The Balaban J connectivity index is 2.26. The summed E-state index contributed by atoms with van der Waals surface area (Å²) in [5.74, 6) is -2.12. The summed E-state index contributed by atoms with van der Waals surface area (Å²) in [6.45, 7) is 1.92. The lowest BCUT2D eigenvalue weighted by molar-refractivity contribution is -0.138. The van der Waals surface area contributed by atoms with E-state index in [4.69, 9.17) is 9.84 Å². The Bertz CT molecular complexity index is 785. The van der Waals surface area contributed by atoms with Gasteiger partial charge in [0.1, 0.15) is 0 Å². The topological polar surface area (TPSA) is 63.6 Å². The van der Waals surface area contributed by atoms with Crippen molar-refractivity contribution in [2.24, 2.45) is 0 Å². The number of carbonyl (C=O) groups is 2. The van der Waals surface area contributed by atoms with Gasteiger partial charge in [0.25, 0.3) is 0 Å². The van der Waals surface area contributed by atoms with Crippen LogP contribution >= 0.6 is 11.8 Å². The summed E-state index contributed by atoms with van der Waals surface area (Å²) in [7, 11) is 0. The maximum absolute atomic E-state index is 13.0. The quantitative estimate of drug-likeness (QED) is 0.771.